The average Bonchev–Trinajstić information content (AvgIpc) is 2.37. The van der Waals surface area contributed by atoms with Crippen LogP contribution < -0.4 is 15.8 Å². The number of para-hydroxylation sites is 1. The number of nitrogens with two attached hydrogens (primary N) is 1. The van der Waals surface area contributed by atoms with Gasteiger partial charge in [0.25, 0.3) is 0 Å². The first-order chi connectivity index (χ1) is 8.47. The number of carbonyl (C=O) groups excluding carboxylic acids is 1. The largest absolute Gasteiger partial charge is 0.496 e. The predicted molar refractivity (Wildman–Crippen MR) is 72.4 cm³/mol. The molecule has 0 aliphatic rings. The van der Waals surface area contributed by atoms with E-state index in [1.807, 2.05) is 45.0 Å². The first-order valence-corrected chi connectivity index (χ1v) is 6.16. The van der Waals surface area contributed by atoms with E-state index in [0.717, 1.165) is 11.3 Å². The Morgan fingerprint density at radius 3 is 2.44 bits per heavy atom. The van der Waals surface area contributed by atoms with Gasteiger partial charge in [0.1, 0.15) is 5.75 Å². The Morgan fingerprint density at radius 2 is 1.89 bits per heavy atom. The van der Waals surface area contributed by atoms with Crippen LogP contribution in [-0.2, 0) is 4.79 Å². The number of ether oxygens (including phenoxy) is 1. The molecule has 0 aliphatic carbocycles. The van der Waals surface area contributed by atoms with Crippen LogP contribution >= 0.6 is 0 Å². The van der Waals surface area contributed by atoms with Gasteiger partial charge in [-0.15, -0.1) is 0 Å². The van der Waals surface area contributed by atoms with Gasteiger partial charge in [0, 0.05) is 17.5 Å². The minimum atomic E-state index is -0.206. The molecule has 100 valence electrons. The van der Waals surface area contributed by atoms with Crippen LogP contribution in [0.3, 0.4) is 0 Å². The summed E-state index contributed by atoms with van der Waals surface area (Å²) in [6, 6.07) is 7.40. The van der Waals surface area contributed by atoms with Crippen LogP contribution in [0.25, 0.3) is 0 Å². The average molecular weight is 250 g/mol. The van der Waals surface area contributed by atoms with E-state index in [1.54, 1.807) is 7.11 Å². The van der Waals surface area contributed by atoms with Crippen molar-refractivity contribution >= 4 is 5.91 Å². The molecule has 0 saturated heterocycles. The highest BCUT2D eigenvalue weighted by Crippen LogP contribution is 2.24. The minimum Gasteiger partial charge on any atom is -0.496 e. The standard InChI is InChI=1S/C14H22N2O2/c1-9(10(2)15)14(17)16-11(3)12-7-5-6-8-13(12)18-4/h5-11H,15H2,1-4H3,(H,16,17)/t9?,10?,11-/m1/s1. The Bertz CT molecular complexity index is 405. The molecule has 0 spiro atoms. The number of methoxy groups -OCH3 is 1. The van der Waals surface area contributed by atoms with Gasteiger partial charge in [-0.1, -0.05) is 25.1 Å². The Hall–Kier alpha value is -1.55. The lowest BCUT2D eigenvalue weighted by molar-refractivity contribution is -0.125. The molecule has 0 aromatic heterocycles. The maximum atomic E-state index is 11.9. The van der Waals surface area contributed by atoms with Crippen molar-refractivity contribution in [2.75, 3.05) is 7.11 Å². The quantitative estimate of drug-likeness (QED) is 0.838. The summed E-state index contributed by atoms with van der Waals surface area (Å²) in [5, 5.41) is 2.95. The summed E-state index contributed by atoms with van der Waals surface area (Å²) >= 11 is 0. The topological polar surface area (TPSA) is 64.3 Å². The van der Waals surface area contributed by atoms with Gasteiger partial charge in [-0.3, -0.25) is 4.79 Å². The number of rotatable bonds is 5. The van der Waals surface area contributed by atoms with E-state index >= 15 is 0 Å². The van der Waals surface area contributed by atoms with Crippen LogP contribution in [0.15, 0.2) is 24.3 Å². The Morgan fingerprint density at radius 1 is 1.28 bits per heavy atom. The molecule has 1 aromatic rings. The van der Waals surface area contributed by atoms with Gasteiger partial charge < -0.3 is 15.8 Å². The highest BCUT2D eigenvalue weighted by molar-refractivity contribution is 5.79. The molecule has 4 nitrogen and oxygen atoms in total. The third kappa shape index (κ3) is 3.47. The molecule has 1 rings (SSSR count). The van der Waals surface area contributed by atoms with E-state index in [4.69, 9.17) is 10.5 Å². The van der Waals surface area contributed by atoms with Gasteiger partial charge in [0.15, 0.2) is 0 Å². The lowest BCUT2D eigenvalue weighted by Crippen LogP contribution is -2.39. The van der Waals surface area contributed by atoms with Crippen LogP contribution in [0.2, 0.25) is 0 Å². The maximum absolute atomic E-state index is 11.9. The van der Waals surface area contributed by atoms with E-state index in [1.165, 1.54) is 0 Å². The number of carbonyl (C=O) groups is 1. The summed E-state index contributed by atoms with van der Waals surface area (Å²) in [6.07, 6.45) is 0. The monoisotopic (exact) mass is 250 g/mol. The Kier molecular flexibility index (Phi) is 5.16. The fourth-order valence-electron chi connectivity index (χ4n) is 1.69. The Labute approximate surface area is 109 Å². The molecule has 1 amide bonds. The molecule has 0 heterocycles. The third-order valence-electron chi connectivity index (χ3n) is 3.17. The van der Waals surface area contributed by atoms with Crippen molar-refractivity contribution in [1.29, 1.82) is 0 Å². The molecular weight excluding hydrogens is 228 g/mol. The van der Waals surface area contributed by atoms with Crippen LogP contribution in [0.4, 0.5) is 0 Å². The first-order valence-electron chi connectivity index (χ1n) is 6.16. The zero-order chi connectivity index (χ0) is 13.7. The molecule has 0 radical (unpaired) electrons. The van der Waals surface area contributed by atoms with Crippen molar-refractivity contribution in [2.45, 2.75) is 32.9 Å². The Balaban J connectivity index is 2.76. The third-order valence-corrected chi connectivity index (χ3v) is 3.17. The van der Waals surface area contributed by atoms with Crippen molar-refractivity contribution in [3.63, 3.8) is 0 Å². The molecular formula is C14H22N2O2. The van der Waals surface area contributed by atoms with E-state index < -0.39 is 0 Å². The van der Waals surface area contributed by atoms with Gasteiger partial charge in [0.2, 0.25) is 5.91 Å². The van der Waals surface area contributed by atoms with Gasteiger partial charge >= 0.3 is 0 Å². The molecule has 0 aliphatic heterocycles. The molecule has 3 atom stereocenters. The van der Waals surface area contributed by atoms with Crippen molar-refractivity contribution in [3.8, 4) is 5.75 Å². The number of hydrogen-bond donors (Lipinski definition) is 2. The number of benzene rings is 1. The van der Waals surface area contributed by atoms with Crippen LogP contribution in [0.5, 0.6) is 5.75 Å². The summed E-state index contributed by atoms with van der Waals surface area (Å²) in [5.41, 5.74) is 6.68. The smallest absolute Gasteiger partial charge is 0.224 e. The molecule has 0 saturated carbocycles. The van der Waals surface area contributed by atoms with Crippen molar-refractivity contribution in [2.24, 2.45) is 11.7 Å². The summed E-state index contributed by atoms with van der Waals surface area (Å²) in [4.78, 5) is 11.9. The van der Waals surface area contributed by atoms with Crippen molar-refractivity contribution < 1.29 is 9.53 Å². The number of hydrogen-bond acceptors (Lipinski definition) is 3. The fourth-order valence-corrected chi connectivity index (χ4v) is 1.69. The number of amides is 1. The number of nitrogens with one attached hydrogen (secondary N) is 1. The fraction of sp³-hybridized carbons (Fsp3) is 0.500. The summed E-state index contributed by atoms with van der Waals surface area (Å²) in [6.45, 7) is 5.59. The summed E-state index contributed by atoms with van der Waals surface area (Å²) in [5.74, 6) is 0.532. The molecule has 0 bridgehead atoms. The van der Waals surface area contributed by atoms with E-state index in [-0.39, 0.29) is 23.9 Å². The van der Waals surface area contributed by atoms with Gasteiger partial charge in [0.05, 0.1) is 13.2 Å². The molecule has 0 fully saturated rings. The highest BCUT2D eigenvalue weighted by Gasteiger charge is 2.20. The second-order valence-corrected chi connectivity index (χ2v) is 4.62. The van der Waals surface area contributed by atoms with Crippen LogP contribution in [0, 0.1) is 5.92 Å². The van der Waals surface area contributed by atoms with Crippen LogP contribution in [0.1, 0.15) is 32.4 Å². The molecule has 1 aromatic carbocycles. The second-order valence-electron chi connectivity index (χ2n) is 4.62. The molecule has 3 N–H and O–H groups in total. The zero-order valence-corrected chi connectivity index (χ0v) is 11.4. The normalized spacial score (nSPS) is 15.6. The minimum absolute atomic E-state index is 0.0385. The second kappa shape index (κ2) is 6.40. The summed E-state index contributed by atoms with van der Waals surface area (Å²) < 4.78 is 5.28. The van der Waals surface area contributed by atoms with Crippen molar-refractivity contribution in [1.82, 2.24) is 5.32 Å². The zero-order valence-electron chi connectivity index (χ0n) is 11.4. The lowest BCUT2D eigenvalue weighted by atomic mass is 10.0. The van der Waals surface area contributed by atoms with E-state index in [0.29, 0.717) is 0 Å². The van der Waals surface area contributed by atoms with Gasteiger partial charge in [-0.25, -0.2) is 0 Å². The SMILES string of the molecule is COc1ccccc1[C@@H](C)NC(=O)C(C)C(C)N. The molecule has 4 heteroatoms. The van der Waals surface area contributed by atoms with Gasteiger partial charge in [-0.2, -0.15) is 0 Å². The molecule has 18 heavy (non-hydrogen) atoms. The predicted octanol–water partition coefficient (Wildman–Crippen LogP) is 1.86. The maximum Gasteiger partial charge on any atom is 0.224 e. The van der Waals surface area contributed by atoms with Crippen LogP contribution in [-0.4, -0.2) is 19.1 Å². The first kappa shape index (κ1) is 14.5. The molecule has 2 unspecified atom stereocenters. The van der Waals surface area contributed by atoms with Gasteiger partial charge in [-0.05, 0) is 19.9 Å². The lowest BCUT2D eigenvalue weighted by Gasteiger charge is -2.21. The highest BCUT2D eigenvalue weighted by atomic mass is 16.5. The van der Waals surface area contributed by atoms with E-state index in [2.05, 4.69) is 5.32 Å². The summed E-state index contributed by atoms with van der Waals surface area (Å²) in [7, 11) is 1.62. The van der Waals surface area contributed by atoms with Crippen molar-refractivity contribution in [3.05, 3.63) is 29.8 Å². The van der Waals surface area contributed by atoms with E-state index in [9.17, 15) is 4.79 Å².